The van der Waals surface area contributed by atoms with Crippen LogP contribution in [0, 0.1) is 0 Å². The predicted molar refractivity (Wildman–Crippen MR) is 262 cm³/mol. The minimum absolute atomic E-state index is 0.0228. The Bertz CT molecular complexity index is 2800. The number of carbonyl (C=O) groups is 5. The second-order valence-corrected chi connectivity index (χ2v) is 19.2. The van der Waals surface area contributed by atoms with Gasteiger partial charge in [0.1, 0.15) is 13.2 Å². The Balaban J connectivity index is 0.909. The standard InChI is InChI=1S/C51H49N5O10S2/c1-52-39-25-45(43(62-2)23-37(39)50(60)54-17-16-34-9-4-6-11-41(34)54)64-28-31-19-32(21-33(20-31)30-68-67-18-8-13-49(59)66-56-47(57)14-15-48(56)58)29-65-46-26-40-38(24-44(46)63-3)51(61)55-36(27-53-40)22-35-10-5-7-12-42(35)55/h4-7,9-12,19-21,23-26,36,53H,1,8,13-18,22,27-30H2,2-3H3/t36-/m0/s1. The molecule has 9 rings (SSSR count). The minimum Gasteiger partial charge on any atom is -0.493 e. The number of hydroxylamine groups is 2. The summed E-state index contributed by atoms with van der Waals surface area (Å²) in [6.07, 6.45) is 2.18. The van der Waals surface area contributed by atoms with Gasteiger partial charge >= 0.3 is 5.97 Å². The van der Waals surface area contributed by atoms with Crippen LogP contribution in [0.3, 0.4) is 0 Å². The van der Waals surface area contributed by atoms with Crippen LogP contribution < -0.4 is 34.1 Å². The van der Waals surface area contributed by atoms with Crippen LogP contribution in [0.5, 0.6) is 23.0 Å². The number of hydrogen-bond acceptors (Lipinski definition) is 14. The Kier molecular flexibility index (Phi) is 13.9. The molecule has 0 bridgehead atoms. The highest BCUT2D eigenvalue weighted by Gasteiger charge is 2.38. The largest absolute Gasteiger partial charge is 0.493 e. The molecular formula is C51H49N5O10S2. The molecule has 17 heteroatoms. The summed E-state index contributed by atoms with van der Waals surface area (Å²) in [5.41, 5.74) is 8.62. The zero-order valence-electron chi connectivity index (χ0n) is 37.6. The van der Waals surface area contributed by atoms with Crippen molar-refractivity contribution in [1.82, 2.24) is 5.06 Å². The van der Waals surface area contributed by atoms with Crippen molar-refractivity contribution in [1.29, 1.82) is 0 Å². The van der Waals surface area contributed by atoms with Crippen LogP contribution in [0.4, 0.5) is 22.7 Å². The average molecular weight is 956 g/mol. The smallest absolute Gasteiger partial charge is 0.333 e. The molecule has 0 radical (unpaired) electrons. The molecule has 15 nitrogen and oxygen atoms in total. The van der Waals surface area contributed by atoms with E-state index in [0.717, 1.165) is 52.0 Å². The molecule has 4 heterocycles. The monoisotopic (exact) mass is 955 g/mol. The predicted octanol–water partition coefficient (Wildman–Crippen LogP) is 8.66. The van der Waals surface area contributed by atoms with E-state index in [9.17, 15) is 24.0 Å². The van der Waals surface area contributed by atoms with E-state index in [1.54, 1.807) is 51.8 Å². The number of amides is 4. The van der Waals surface area contributed by atoms with Crippen molar-refractivity contribution in [2.24, 2.45) is 4.99 Å². The van der Waals surface area contributed by atoms with Gasteiger partial charge < -0.3 is 38.9 Å². The first-order chi connectivity index (χ1) is 33.1. The molecule has 1 N–H and O–H groups in total. The van der Waals surface area contributed by atoms with Crippen LogP contribution in [-0.4, -0.2) is 80.5 Å². The molecule has 350 valence electrons. The molecule has 4 amide bonds. The Morgan fingerprint density at radius 1 is 0.765 bits per heavy atom. The maximum atomic E-state index is 14.1. The molecule has 0 aromatic heterocycles. The van der Waals surface area contributed by atoms with Crippen molar-refractivity contribution in [2.75, 3.05) is 48.2 Å². The zero-order chi connectivity index (χ0) is 47.3. The van der Waals surface area contributed by atoms with Crippen molar-refractivity contribution >= 4 is 80.7 Å². The van der Waals surface area contributed by atoms with Crippen molar-refractivity contribution in [3.8, 4) is 23.0 Å². The summed E-state index contributed by atoms with van der Waals surface area (Å²) < 4.78 is 24.5. The van der Waals surface area contributed by atoms with Crippen LogP contribution in [0.2, 0.25) is 0 Å². The number of benzene rings is 5. The zero-order valence-corrected chi connectivity index (χ0v) is 39.3. The molecule has 0 aliphatic carbocycles. The molecule has 1 saturated heterocycles. The Morgan fingerprint density at radius 2 is 1.43 bits per heavy atom. The Morgan fingerprint density at radius 3 is 2.15 bits per heavy atom. The third kappa shape index (κ3) is 9.71. The van der Waals surface area contributed by atoms with Gasteiger partial charge in [0.05, 0.1) is 42.8 Å². The van der Waals surface area contributed by atoms with Crippen molar-refractivity contribution in [2.45, 2.75) is 63.5 Å². The number of fused-ring (bicyclic) bond motifs is 5. The van der Waals surface area contributed by atoms with Crippen LogP contribution in [0.1, 0.15) is 74.2 Å². The maximum absolute atomic E-state index is 14.1. The lowest BCUT2D eigenvalue weighted by Crippen LogP contribution is -2.39. The van der Waals surface area contributed by atoms with Gasteiger partial charge in [0, 0.05) is 67.4 Å². The number of nitrogens with zero attached hydrogens (tertiary/aromatic N) is 4. The van der Waals surface area contributed by atoms with Gasteiger partial charge in [-0.3, -0.25) is 24.2 Å². The number of ether oxygens (including phenoxy) is 4. The third-order valence-electron chi connectivity index (χ3n) is 12.2. The molecule has 5 aromatic rings. The number of nitrogens with one attached hydrogen (secondary N) is 1. The summed E-state index contributed by atoms with van der Waals surface area (Å²) in [7, 11) is 6.27. The fourth-order valence-electron chi connectivity index (χ4n) is 8.89. The lowest BCUT2D eigenvalue weighted by atomic mass is 10.1. The fourth-order valence-corrected chi connectivity index (χ4v) is 11.0. The number of methoxy groups -OCH3 is 2. The number of aliphatic imine (C=N–C) groups is 1. The van der Waals surface area contributed by atoms with Crippen LogP contribution in [0.25, 0.3) is 0 Å². The first-order valence-electron chi connectivity index (χ1n) is 22.3. The molecule has 4 aliphatic rings. The number of anilines is 3. The topological polar surface area (TPSA) is 166 Å². The normalized spacial score (nSPS) is 15.8. The van der Waals surface area contributed by atoms with Gasteiger partial charge in [-0.2, -0.15) is 0 Å². The molecule has 0 saturated carbocycles. The van der Waals surface area contributed by atoms with E-state index in [4.69, 9.17) is 23.8 Å². The number of imide groups is 1. The fraction of sp³-hybridized carbons (Fsp3) is 0.294. The van der Waals surface area contributed by atoms with Crippen LogP contribution in [0.15, 0.2) is 96.0 Å². The van der Waals surface area contributed by atoms with Gasteiger partial charge in [0.2, 0.25) is 0 Å². The summed E-state index contributed by atoms with van der Waals surface area (Å²) in [6, 6.07) is 28.8. The van der Waals surface area contributed by atoms with Crippen LogP contribution in [-0.2, 0) is 51.0 Å². The molecule has 68 heavy (non-hydrogen) atoms. The van der Waals surface area contributed by atoms with E-state index in [2.05, 4.69) is 29.2 Å². The summed E-state index contributed by atoms with van der Waals surface area (Å²) >= 11 is 0. The Labute approximate surface area is 401 Å². The summed E-state index contributed by atoms with van der Waals surface area (Å²) in [6.45, 7) is 5.19. The number of hydrogen-bond donors (Lipinski definition) is 1. The highest BCUT2D eigenvalue weighted by molar-refractivity contribution is 8.76. The lowest BCUT2D eigenvalue weighted by Gasteiger charge is -2.22. The second-order valence-electron chi connectivity index (χ2n) is 16.6. The van der Waals surface area contributed by atoms with E-state index >= 15 is 0 Å². The first kappa shape index (κ1) is 46.1. The van der Waals surface area contributed by atoms with Gasteiger partial charge in [-0.25, -0.2) is 4.79 Å². The molecule has 5 aromatic carbocycles. The first-order valence-corrected chi connectivity index (χ1v) is 24.8. The third-order valence-corrected chi connectivity index (χ3v) is 14.6. The highest BCUT2D eigenvalue weighted by atomic mass is 33.1. The van der Waals surface area contributed by atoms with Crippen molar-refractivity contribution < 1.29 is 47.8 Å². The van der Waals surface area contributed by atoms with E-state index in [0.29, 0.717) is 81.6 Å². The van der Waals surface area contributed by atoms with Crippen molar-refractivity contribution in [3.05, 3.63) is 130 Å². The van der Waals surface area contributed by atoms with Gasteiger partial charge in [-0.05, 0) is 84.1 Å². The van der Waals surface area contributed by atoms with Gasteiger partial charge in [0.15, 0.2) is 23.0 Å². The van der Waals surface area contributed by atoms with Crippen LogP contribution >= 0.6 is 21.6 Å². The molecular weight excluding hydrogens is 907 g/mol. The van der Waals surface area contributed by atoms with Gasteiger partial charge in [-0.1, -0.05) is 70.1 Å². The van der Waals surface area contributed by atoms with Crippen molar-refractivity contribution in [3.63, 3.8) is 0 Å². The Hall–Kier alpha value is -6.98. The molecule has 0 unspecified atom stereocenters. The molecule has 1 atom stereocenters. The molecule has 4 aliphatic heterocycles. The number of para-hydroxylation sites is 2. The van der Waals surface area contributed by atoms with Gasteiger partial charge in [-0.15, -0.1) is 5.06 Å². The quantitative estimate of drug-likeness (QED) is 0.0384. The van der Waals surface area contributed by atoms with E-state index in [1.807, 2.05) is 65.6 Å². The van der Waals surface area contributed by atoms with Gasteiger partial charge in [0.25, 0.3) is 23.6 Å². The van der Waals surface area contributed by atoms with E-state index in [-0.39, 0.29) is 50.3 Å². The van der Waals surface area contributed by atoms with E-state index < -0.39 is 17.8 Å². The summed E-state index contributed by atoms with van der Waals surface area (Å²) in [4.78, 5) is 76.8. The second kappa shape index (κ2) is 20.5. The molecule has 1 fully saturated rings. The lowest BCUT2D eigenvalue weighted by molar-refractivity contribution is -0.197. The molecule has 0 spiro atoms. The SMILES string of the molecule is C=Nc1cc(OCc2cc(COc3cc4c(cc3OC)C(=O)N3c5ccccc5C[C@H]3CN4)cc(CSSCCCC(=O)ON3C(=O)CCC3=O)c2)c(OC)cc1C(=O)N1CCc2ccccc21. The average Bonchev–Trinajstić information content (AvgIpc) is 4.03. The maximum Gasteiger partial charge on any atom is 0.333 e. The minimum atomic E-state index is -0.623. The summed E-state index contributed by atoms with van der Waals surface area (Å²) in [5, 5.41) is 4.06. The number of rotatable bonds is 18. The number of carbonyl (C=O) groups excluding carboxylic acids is 5. The highest BCUT2D eigenvalue weighted by Crippen LogP contribution is 2.42. The summed E-state index contributed by atoms with van der Waals surface area (Å²) in [5.74, 6) is 0.951. The van der Waals surface area contributed by atoms with E-state index in [1.165, 1.54) is 7.11 Å².